The molecule has 0 saturated heterocycles. The van der Waals surface area contributed by atoms with Crippen LogP contribution in [0.15, 0.2) is 34.7 Å². The van der Waals surface area contributed by atoms with Crippen molar-refractivity contribution >= 4 is 11.0 Å². The summed E-state index contributed by atoms with van der Waals surface area (Å²) >= 11 is 0. The van der Waals surface area contributed by atoms with Gasteiger partial charge in [0.15, 0.2) is 0 Å². The average molecular weight is 288 g/mol. The highest BCUT2D eigenvalue weighted by atomic mass is 16.5. The Kier molecular flexibility index (Phi) is 4.58. The molecule has 0 radical (unpaired) electrons. The highest BCUT2D eigenvalue weighted by Gasteiger charge is 2.31. The molecule has 1 aromatic heterocycles. The lowest BCUT2D eigenvalue weighted by molar-refractivity contribution is 0.134. The molecule has 0 amide bonds. The molecule has 114 valence electrons. The number of methoxy groups -OCH3 is 1. The van der Waals surface area contributed by atoms with Crippen molar-refractivity contribution in [3.63, 3.8) is 0 Å². The molecular formula is C17H24N2O2. The number of likely N-dealkylation sites (N-methyl/N-ethyl adjacent to an activating group) is 1. The van der Waals surface area contributed by atoms with E-state index in [4.69, 9.17) is 9.15 Å². The summed E-state index contributed by atoms with van der Waals surface area (Å²) in [4.78, 5) is 2.51. The number of nitrogens with zero attached hydrogens (tertiary/aromatic N) is 1. The molecule has 1 saturated carbocycles. The largest absolute Gasteiger partial charge is 0.459 e. The summed E-state index contributed by atoms with van der Waals surface area (Å²) in [6, 6.07) is 11.3. The molecule has 0 aliphatic heterocycles. The van der Waals surface area contributed by atoms with E-state index in [2.05, 4.69) is 22.3 Å². The van der Waals surface area contributed by atoms with Gasteiger partial charge in [-0.05, 0) is 32.0 Å². The number of ether oxygens (including phenoxy) is 1. The van der Waals surface area contributed by atoms with Crippen molar-refractivity contribution in [1.82, 2.24) is 10.2 Å². The van der Waals surface area contributed by atoms with Gasteiger partial charge in [0.05, 0.1) is 12.6 Å². The van der Waals surface area contributed by atoms with Gasteiger partial charge in [0.25, 0.3) is 0 Å². The molecule has 0 bridgehead atoms. The van der Waals surface area contributed by atoms with Crippen molar-refractivity contribution in [3.8, 4) is 0 Å². The van der Waals surface area contributed by atoms with Crippen molar-refractivity contribution in [3.05, 3.63) is 36.1 Å². The summed E-state index contributed by atoms with van der Waals surface area (Å²) in [6.07, 6.45) is 2.61. The summed E-state index contributed by atoms with van der Waals surface area (Å²) in [5.41, 5.74) is 0.961. The first-order valence-electron chi connectivity index (χ1n) is 7.70. The van der Waals surface area contributed by atoms with Crippen molar-refractivity contribution in [2.24, 2.45) is 0 Å². The number of fused-ring (bicyclic) bond motifs is 1. The zero-order valence-corrected chi connectivity index (χ0v) is 12.8. The minimum atomic E-state index is 0.217. The number of benzene rings is 1. The fraction of sp³-hybridized carbons (Fsp3) is 0.529. The van der Waals surface area contributed by atoms with Crippen molar-refractivity contribution in [2.75, 3.05) is 33.9 Å². The van der Waals surface area contributed by atoms with E-state index in [9.17, 15) is 0 Å². The van der Waals surface area contributed by atoms with Crippen LogP contribution in [-0.2, 0) is 4.74 Å². The van der Waals surface area contributed by atoms with E-state index in [1.54, 1.807) is 7.11 Å². The smallest absolute Gasteiger partial charge is 0.134 e. The van der Waals surface area contributed by atoms with Gasteiger partial charge in [0.2, 0.25) is 0 Å². The molecule has 1 heterocycles. The third-order valence-electron chi connectivity index (χ3n) is 4.20. The van der Waals surface area contributed by atoms with Crippen LogP contribution < -0.4 is 5.32 Å². The molecule has 3 rings (SSSR count). The fourth-order valence-electron chi connectivity index (χ4n) is 2.80. The van der Waals surface area contributed by atoms with Crippen LogP contribution in [0.5, 0.6) is 0 Å². The number of nitrogens with one attached hydrogen (secondary N) is 1. The Balaban J connectivity index is 1.73. The third kappa shape index (κ3) is 3.46. The highest BCUT2D eigenvalue weighted by Crippen LogP contribution is 2.30. The van der Waals surface area contributed by atoms with Crippen molar-refractivity contribution in [2.45, 2.75) is 24.9 Å². The number of furan rings is 1. The summed E-state index contributed by atoms with van der Waals surface area (Å²) in [5, 5.41) is 4.56. The van der Waals surface area contributed by atoms with Gasteiger partial charge in [0.1, 0.15) is 11.3 Å². The Labute approximate surface area is 126 Å². The maximum absolute atomic E-state index is 6.01. The predicted octanol–water partition coefficient (Wildman–Crippen LogP) is 2.80. The molecule has 21 heavy (non-hydrogen) atoms. The molecule has 4 heteroatoms. The van der Waals surface area contributed by atoms with Gasteiger partial charge >= 0.3 is 0 Å². The summed E-state index contributed by atoms with van der Waals surface area (Å²) in [5.74, 6) is 1.02. The molecule has 1 aromatic carbocycles. The second kappa shape index (κ2) is 6.60. The molecule has 1 atom stereocenters. The second-order valence-corrected chi connectivity index (χ2v) is 5.75. The molecule has 1 aliphatic carbocycles. The monoisotopic (exact) mass is 288 g/mol. The first-order valence-corrected chi connectivity index (χ1v) is 7.70. The maximum Gasteiger partial charge on any atom is 0.134 e. The molecule has 1 fully saturated rings. The Morgan fingerprint density at radius 1 is 1.38 bits per heavy atom. The summed E-state index contributed by atoms with van der Waals surface area (Å²) in [6.45, 7) is 2.73. The van der Waals surface area contributed by atoms with E-state index in [0.29, 0.717) is 0 Å². The van der Waals surface area contributed by atoms with Gasteiger partial charge in [-0.2, -0.15) is 0 Å². The standard InChI is InChI=1S/C17H24N2O2/c1-18-15(12-19(9-10-20-2)14-7-8-14)17-11-13-5-3-4-6-16(13)21-17/h3-6,11,14-15,18H,7-10,12H2,1-2H3. The average Bonchev–Trinajstić information content (AvgIpc) is 3.26. The van der Waals surface area contributed by atoms with Gasteiger partial charge in [-0.3, -0.25) is 4.90 Å². The maximum atomic E-state index is 6.01. The fourth-order valence-corrected chi connectivity index (χ4v) is 2.80. The summed E-state index contributed by atoms with van der Waals surface area (Å²) in [7, 11) is 3.76. The first kappa shape index (κ1) is 14.6. The van der Waals surface area contributed by atoms with E-state index in [-0.39, 0.29) is 6.04 Å². The minimum Gasteiger partial charge on any atom is -0.459 e. The van der Waals surface area contributed by atoms with Crippen molar-refractivity contribution < 1.29 is 9.15 Å². The Hall–Kier alpha value is -1.36. The molecular weight excluding hydrogens is 264 g/mol. The van der Waals surface area contributed by atoms with Crippen LogP contribution in [0.4, 0.5) is 0 Å². The normalized spacial score (nSPS) is 16.7. The Morgan fingerprint density at radius 3 is 2.86 bits per heavy atom. The lowest BCUT2D eigenvalue weighted by atomic mass is 10.2. The second-order valence-electron chi connectivity index (χ2n) is 5.75. The predicted molar refractivity (Wildman–Crippen MR) is 84.5 cm³/mol. The number of para-hydroxylation sites is 1. The van der Waals surface area contributed by atoms with Gasteiger partial charge in [-0.15, -0.1) is 0 Å². The van der Waals surface area contributed by atoms with Crippen LogP contribution in [0, 0.1) is 0 Å². The Bertz CT molecular complexity index is 544. The first-order chi connectivity index (χ1) is 10.3. The lowest BCUT2D eigenvalue weighted by Crippen LogP contribution is -2.37. The molecule has 2 aromatic rings. The topological polar surface area (TPSA) is 37.6 Å². The molecule has 1 unspecified atom stereocenters. The number of rotatable bonds is 8. The van der Waals surface area contributed by atoms with Crippen LogP contribution in [0.1, 0.15) is 24.6 Å². The van der Waals surface area contributed by atoms with Crippen LogP contribution in [0.3, 0.4) is 0 Å². The quantitative estimate of drug-likeness (QED) is 0.810. The lowest BCUT2D eigenvalue weighted by Gasteiger charge is -2.26. The molecule has 1 N–H and O–H groups in total. The summed E-state index contributed by atoms with van der Waals surface area (Å²) < 4.78 is 11.2. The van der Waals surface area contributed by atoms with E-state index >= 15 is 0 Å². The van der Waals surface area contributed by atoms with Gasteiger partial charge in [-0.1, -0.05) is 18.2 Å². The zero-order valence-electron chi connectivity index (χ0n) is 12.8. The van der Waals surface area contributed by atoms with E-state index < -0.39 is 0 Å². The van der Waals surface area contributed by atoms with E-state index in [1.807, 2.05) is 25.2 Å². The highest BCUT2D eigenvalue weighted by molar-refractivity contribution is 5.77. The van der Waals surface area contributed by atoms with Crippen molar-refractivity contribution in [1.29, 1.82) is 0 Å². The molecule has 0 spiro atoms. The zero-order chi connectivity index (χ0) is 14.7. The number of hydrogen-bond acceptors (Lipinski definition) is 4. The van der Waals surface area contributed by atoms with E-state index in [0.717, 1.165) is 37.1 Å². The van der Waals surface area contributed by atoms with Gasteiger partial charge in [-0.25, -0.2) is 0 Å². The Morgan fingerprint density at radius 2 is 2.19 bits per heavy atom. The SMILES string of the molecule is CNC(CN(CCOC)C1CC1)c1cc2ccccc2o1. The van der Waals surface area contributed by atoms with Gasteiger partial charge in [0, 0.05) is 31.6 Å². The van der Waals surface area contributed by atoms with Gasteiger partial charge < -0.3 is 14.5 Å². The van der Waals surface area contributed by atoms with Crippen LogP contribution in [0.25, 0.3) is 11.0 Å². The van der Waals surface area contributed by atoms with E-state index in [1.165, 1.54) is 18.2 Å². The molecule has 4 nitrogen and oxygen atoms in total. The number of hydrogen-bond donors (Lipinski definition) is 1. The molecule has 1 aliphatic rings. The van der Waals surface area contributed by atoms with Crippen LogP contribution in [0.2, 0.25) is 0 Å². The minimum absolute atomic E-state index is 0.217. The van der Waals surface area contributed by atoms with Crippen LogP contribution >= 0.6 is 0 Å². The third-order valence-corrected chi connectivity index (χ3v) is 4.20. The van der Waals surface area contributed by atoms with Crippen LogP contribution in [-0.4, -0.2) is 44.8 Å².